The summed E-state index contributed by atoms with van der Waals surface area (Å²) < 4.78 is 25.6. The third-order valence-electron chi connectivity index (χ3n) is 5.29. The molecule has 150 valence electrons. The van der Waals surface area contributed by atoms with E-state index in [9.17, 15) is 18.0 Å². The molecule has 0 aliphatic carbocycles. The molecule has 10 heteroatoms. The molecule has 4 heterocycles. The summed E-state index contributed by atoms with van der Waals surface area (Å²) >= 11 is 1.53. The average Bonchev–Trinajstić information content (AvgIpc) is 3.39. The predicted octanol–water partition coefficient (Wildman–Crippen LogP) is 1.28. The molecule has 2 aliphatic heterocycles. The van der Waals surface area contributed by atoms with Gasteiger partial charge in [0.2, 0.25) is 5.91 Å². The Bertz CT molecular complexity index is 989. The topological polar surface area (TPSA) is 92.6 Å². The Morgan fingerprint density at radius 2 is 1.89 bits per heavy atom. The zero-order chi connectivity index (χ0) is 19.9. The minimum absolute atomic E-state index is 0.0128. The van der Waals surface area contributed by atoms with Crippen LogP contribution >= 0.6 is 11.3 Å². The van der Waals surface area contributed by atoms with Crippen LogP contribution in [-0.4, -0.2) is 77.5 Å². The van der Waals surface area contributed by atoms with Crippen molar-refractivity contribution in [3.05, 3.63) is 29.3 Å². The summed E-state index contributed by atoms with van der Waals surface area (Å²) in [5.41, 5.74) is 1.10. The first-order chi connectivity index (χ1) is 13.3. The van der Waals surface area contributed by atoms with E-state index in [1.165, 1.54) is 18.3 Å². The lowest BCUT2D eigenvalue weighted by molar-refractivity contribution is -0.130. The van der Waals surface area contributed by atoms with Crippen LogP contribution in [0, 0.1) is 0 Å². The average molecular weight is 423 g/mol. The molecule has 2 fully saturated rings. The van der Waals surface area contributed by atoms with Crippen molar-refractivity contribution in [3.8, 4) is 10.6 Å². The molecule has 8 nitrogen and oxygen atoms in total. The number of thiophene rings is 1. The molecule has 0 saturated carbocycles. The Hall–Kier alpha value is -2.20. The second-order valence-electron chi connectivity index (χ2n) is 7.19. The van der Waals surface area contributed by atoms with Gasteiger partial charge in [-0.2, -0.15) is 5.10 Å². The van der Waals surface area contributed by atoms with Crippen LogP contribution in [0.1, 0.15) is 29.9 Å². The van der Waals surface area contributed by atoms with Crippen LogP contribution in [0.15, 0.2) is 23.6 Å². The van der Waals surface area contributed by atoms with E-state index >= 15 is 0 Å². The van der Waals surface area contributed by atoms with E-state index < -0.39 is 9.84 Å². The summed E-state index contributed by atoms with van der Waals surface area (Å²) in [5.74, 6) is 0.0368. The Balaban J connectivity index is 1.61. The molecule has 1 unspecified atom stereocenters. The van der Waals surface area contributed by atoms with Crippen molar-refractivity contribution < 1.29 is 18.0 Å². The van der Waals surface area contributed by atoms with Crippen molar-refractivity contribution in [2.75, 3.05) is 37.7 Å². The van der Waals surface area contributed by atoms with E-state index in [1.54, 1.807) is 20.5 Å². The van der Waals surface area contributed by atoms with Crippen molar-refractivity contribution in [2.45, 2.75) is 19.4 Å². The molecule has 0 radical (unpaired) electrons. The third kappa shape index (κ3) is 3.70. The summed E-state index contributed by atoms with van der Waals surface area (Å²) in [6.07, 6.45) is 0.507. The van der Waals surface area contributed by atoms with E-state index in [0.717, 1.165) is 10.6 Å². The van der Waals surface area contributed by atoms with Crippen LogP contribution in [0.2, 0.25) is 0 Å². The number of rotatable bonds is 3. The lowest BCUT2D eigenvalue weighted by atomic mass is 10.2. The molecule has 1 atom stereocenters. The van der Waals surface area contributed by atoms with Gasteiger partial charge in [-0.15, -0.1) is 11.3 Å². The van der Waals surface area contributed by atoms with Crippen LogP contribution in [0.4, 0.5) is 0 Å². The van der Waals surface area contributed by atoms with E-state index in [0.29, 0.717) is 38.3 Å². The molecule has 0 N–H and O–H groups in total. The Morgan fingerprint density at radius 3 is 2.46 bits per heavy atom. The highest BCUT2D eigenvalue weighted by molar-refractivity contribution is 7.91. The van der Waals surface area contributed by atoms with Gasteiger partial charge in [-0.3, -0.25) is 14.3 Å². The third-order valence-corrected chi connectivity index (χ3v) is 7.94. The fourth-order valence-electron chi connectivity index (χ4n) is 3.74. The van der Waals surface area contributed by atoms with Gasteiger partial charge in [0, 0.05) is 33.1 Å². The van der Waals surface area contributed by atoms with Gasteiger partial charge >= 0.3 is 0 Å². The highest BCUT2D eigenvalue weighted by Gasteiger charge is 2.33. The van der Waals surface area contributed by atoms with Crippen LogP contribution in [0.5, 0.6) is 0 Å². The van der Waals surface area contributed by atoms with Gasteiger partial charge in [-0.05, 0) is 23.9 Å². The largest absolute Gasteiger partial charge is 0.339 e. The molecule has 0 spiro atoms. The van der Waals surface area contributed by atoms with Crippen molar-refractivity contribution in [1.29, 1.82) is 0 Å². The van der Waals surface area contributed by atoms with E-state index in [-0.39, 0.29) is 29.4 Å². The Morgan fingerprint density at radius 1 is 1.18 bits per heavy atom. The van der Waals surface area contributed by atoms with E-state index in [4.69, 9.17) is 0 Å². The lowest BCUT2D eigenvalue weighted by Gasteiger charge is -2.33. The van der Waals surface area contributed by atoms with Crippen molar-refractivity contribution in [2.24, 2.45) is 0 Å². The summed E-state index contributed by atoms with van der Waals surface area (Å²) in [6.45, 7) is 3.50. The Kier molecular flexibility index (Phi) is 5.00. The highest BCUT2D eigenvalue weighted by Crippen LogP contribution is 2.32. The second-order valence-corrected chi connectivity index (χ2v) is 10.4. The number of amides is 2. The van der Waals surface area contributed by atoms with E-state index in [2.05, 4.69) is 5.10 Å². The minimum Gasteiger partial charge on any atom is -0.339 e. The summed E-state index contributed by atoms with van der Waals surface area (Å²) in [5, 5.41) is 6.48. The SMILES string of the molecule is CC(=O)N1CCN(C(=O)c2cc(-c3cccs3)n(C3CCS(=O)(=O)C3)n2)CC1. The second kappa shape index (κ2) is 7.32. The van der Waals surface area contributed by atoms with Crippen molar-refractivity contribution in [3.63, 3.8) is 0 Å². The number of sulfone groups is 1. The summed E-state index contributed by atoms with van der Waals surface area (Å²) in [4.78, 5) is 28.9. The number of nitrogens with zero attached hydrogens (tertiary/aromatic N) is 4. The number of piperazine rings is 1. The number of hydrogen-bond acceptors (Lipinski definition) is 6. The van der Waals surface area contributed by atoms with Gasteiger partial charge in [0.15, 0.2) is 15.5 Å². The van der Waals surface area contributed by atoms with Crippen LogP contribution in [0.25, 0.3) is 10.6 Å². The molecule has 2 aromatic heterocycles. The van der Waals surface area contributed by atoms with Gasteiger partial charge in [0.25, 0.3) is 5.91 Å². The molecule has 2 aromatic rings. The molecule has 2 saturated heterocycles. The van der Waals surface area contributed by atoms with Gasteiger partial charge in [0.05, 0.1) is 28.1 Å². The minimum atomic E-state index is -3.07. The predicted molar refractivity (Wildman–Crippen MR) is 106 cm³/mol. The quantitative estimate of drug-likeness (QED) is 0.743. The Labute approximate surface area is 167 Å². The smallest absolute Gasteiger partial charge is 0.274 e. The summed E-state index contributed by atoms with van der Waals surface area (Å²) in [7, 11) is -3.07. The van der Waals surface area contributed by atoms with Gasteiger partial charge in [0.1, 0.15) is 0 Å². The zero-order valence-electron chi connectivity index (χ0n) is 15.6. The van der Waals surface area contributed by atoms with Crippen LogP contribution in [0.3, 0.4) is 0 Å². The number of carbonyl (C=O) groups excluding carboxylic acids is 2. The fraction of sp³-hybridized carbons (Fsp3) is 0.500. The number of hydrogen-bond donors (Lipinski definition) is 0. The molecule has 2 amide bonds. The maximum atomic E-state index is 13.0. The van der Waals surface area contributed by atoms with Gasteiger partial charge in [-0.25, -0.2) is 8.42 Å². The van der Waals surface area contributed by atoms with Crippen LogP contribution < -0.4 is 0 Å². The zero-order valence-corrected chi connectivity index (χ0v) is 17.2. The normalized spacial score (nSPS) is 21.8. The molecule has 4 rings (SSSR count). The molecular weight excluding hydrogens is 400 g/mol. The maximum Gasteiger partial charge on any atom is 0.274 e. The monoisotopic (exact) mass is 422 g/mol. The van der Waals surface area contributed by atoms with Gasteiger partial charge in [-0.1, -0.05) is 6.07 Å². The van der Waals surface area contributed by atoms with Crippen molar-refractivity contribution in [1.82, 2.24) is 19.6 Å². The molecule has 2 aliphatic rings. The first-order valence-corrected chi connectivity index (χ1v) is 11.9. The first kappa shape index (κ1) is 19.1. The number of carbonyl (C=O) groups is 2. The fourth-order valence-corrected chi connectivity index (χ4v) is 6.17. The van der Waals surface area contributed by atoms with E-state index in [1.807, 2.05) is 17.5 Å². The lowest BCUT2D eigenvalue weighted by Crippen LogP contribution is -2.50. The summed E-state index contributed by atoms with van der Waals surface area (Å²) in [6, 6.07) is 5.38. The molecular formula is C18H22N4O4S2. The molecule has 28 heavy (non-hydrogen) atoms. The van der Waals surface area contributed by atoms with Gasteiger partial charge < -0.3 is 9.80 Å². The number of aromatic nitrogens is 2. The van der Waals surface area contributed by atoms with Crippen LogP contribution in [-0.2, 0) is 14.6 Å². The molecule has 0 bridgehead atoms. The maximum absolute atomic E-state index is 13.0. The van der Waals surface area contributed by atoms with Crippen molar-refractivity contribution >= 4 is 33.0 Å². The molecule has 0 aromatic carbocycles. The first-order valence-electron chi connectivity index (χ1n) is 9.23. The highest BCUT2D eigenvalue weighted by atomic mass is 32.2. The standard InChI is InChI=1S/C18H22N4O4S2/c1-13(23)20-5-7-21(8-6-20)18(24)15-11-16(17-3-2-9-27-17)22(19-15)14-4-10-28(25,26)12-14/h2-3,9,11,14H,4-8,10,12H2,1H3.